The van der Waals surface area contributed by atoms with Crippen molar-refractivity contribution < 1.29 is 14.3 Å². The standard InChI is InChI=1S/C16H15ClN2O3/c1-10-2-5-12(6-3-10)19-15(20)9-22-16(21)13-7-4-11(17)8-14(13)18/h2-8H,9,18H2,1H3,(H,19,20). The van der Waals surface area contributed by atoms with E-state index in [0.717, 1.165) is 5.56 Å². The maximum absolute atomic E-state index is 11.9. The van der Waals surface area contributed by atoms with Crippen LogP contribution in [0.25, 0.3) is 0 Å². The lowest BCUT2D eigenvalue weighted by atomic mass is 10.2. The number of hydrogen-bond acceptors (Lipinski definition) is 4. The van der Waals surface area contributed by atoms with Crippen LogP contribution in [0.5, 0.6) is 0 Å². The number of ether oxygens (including phenoxy) is 1. The fourth-order valence-electron chi connectivity index (χ4n) is 1.76. The summed E-state index contributed by atoms with van der Waals surface area (Å²) in [5.74, 6) is -1.10. The Labute approximate surface area is 133 Å². The van der Waals surface area contributed by atoms with Crippen molar-refractivity contribution in [3.63, 3.8) is 0 Å². The molecule has 0 bridgehead atoms. The van der Waals surface area contributed by atoms with Gasteiger partial charge in [0.15, 0.2) is 6.61 Å². The fraction of sp³-hybridized carbons (Fsp3) is 0.125. The van der Waals surface area contributed by atoms with E-state index in [1.54, 1.807) is 12.1 Å². The number of esters is 1. The minimum atomic E-state index is -0.673. The molecule has 3 N–H and O–H groups in total. The third-order valence-corrected chi connectivity index (χ3v) is 3.14. The van der Waals surface area contributed by atoms with E-state index in [0.29, 0.717) is 10.7 Å². The van der Waals surface area contributed by atoms with Crippen molar-refractivity contribution in [2.45, 2.75) is 6.92 Å². The van der Waals surface area contributed by atoms with Gasteiger partial charge in [0, 0.05) is 16.4 Å². The fourth-order valence-corrected chi connectivity index (χ4v) is 1.94. The molecule has 0 spiro atoms. The second-order valence-electron chi connectivity index (χ2n) is 4.72. The Morgan fingerprint density at radius 2 is 1.86 bits per heavy atom. The van der Waals surface area contributed by atoms with E-state index in [1.807, 2.05) is 19.1 Å². The van der Waals surface area contributed by atoms with Gasteiger partial charge in [0.25, 0.3) is 5.91 Å². The molecule has 0 aliphatic carbocycles. The summed E-state index contributed by atoms with van der Waals surface area (Å²) in [6, 6.07) is 11.7. The van der Waals surface area contributed by atoms with Gasteiger partial charge in [-0.2, -0.15) is 0 Å². The Hall–Kier alpha value is -2.53. The van der Waals surface area contributed by atoms with Gasteiger partial charge in [-0.3, -0.25) is 4.79 Å². The van der Waals surface area contributed by atoms with Crippen LogP contribution in [-0.2, 0) is 9.53 Å². The van der Waals surface area contributed by atoms with Gasteiger partial charge in [-0.05, 0) is 37.3 Å². The highest BCUT2D eigenvalue weighted by Crippen LogP contribution is 2.18. The molecule has 1 amide bonds. The maximum atomic E-state index is 11.9. The monoisotopic (exact) mass is 318 g/mol. The van der Waals surface area contributed by atoms with E-state index in [9.17, 15) is 9.59 Å². The van der Waals surface area contributed by atoms with Gasteiger partial charge in [-0.1, -0.05) is 29.3 Å². The van der Waals surface area contributed by atoms with E-state index in [4.69, 9.17) is 22.1 Å². The van der Waals surface area contributed by atoms with Crippen LogP contribution >= 0.6 is 11.6 Å². The number of amides is 1. The van der Waals surface area contributed by atoms with Gasteiger partial charge in [-0.25, -0.2) is 4.79 Å². The molecule has 0 saturated carbocycles. The molecular formula is C16H15ClN2O3. The smallest absolute Gasteiger partial charge is 0.340 e. The van der Waals surface area contributed by atoms with Crippen LogP contribution in [0.3, 0.4) is 0 Å². The Morgan fingerprint density at radius 1 is 1.18 bits per heavy atom. The van der Waals surface area contributed by atoms with Gasteiger partial charge >= 0.3 is 5.97 Å². The second kappa shape index (κ2) is 6.95. The van der Waals surface area contributed by atoms with Crippen LogP contribution in [0.15, 0.2) is 42.5 Å². The summed E-state index contributed by atoms with van der Waals surface area (Å²) in [5, 5.41) is 3.05. The van der Waals surface area contributed by atoms with Crippen LogP contribution < -0.4 is 11.1 Å². The lowest BCUT2D eigenvalue weighted by Gasteiger charge is -2.08. The molecule has 0 fully saturated rings. The van der Waals surface area contributed by atoms with Crippen molar-refractivity contribution in [3.8, 4) is 0 Å². The van der Waals surface area contributed by atoms with Crippen LogP contribution in [-0.4, -0.2) is 18.5 Å². The van der Waals surface area contributed by atoms with Crippen molar-refractivity contribution in [2.75, 3.05) is 17.7 Å². The summed E-state index contributed by atoms with van der Waals surface area (Å²) in [6.07, 6.45) is 0. The number of nitrogens with one attached hydrogen (secondary N) is 1. The highest BCUT2D eigenvalue weighted by molar-refractivity contribution is 6.31. The molecule has 5 nitrogen and oxygen atoms in total. The summed E-state index contributed by atoms with van der Waals surface area (Å²) in [7, 11) is 0. The first kappa shape index (κ1) is 15.9. The van der Waals surface area contributed by atoms with E-state index in [2.05, 4.69) is 5.32 Å². The average molecular weight is 319 g/mol. The zero-order valence-electron chi connectivity index (χ0n) is 11.9. The number of rotatable bonds is 4. The largest absolute Gasteiger partial charge is 0.452 e. The van der Waals surface area contributed by atoms with Crippen molar-refractivity contribution in [2.24, 2.45) is 0 Å². The summed E-state index contributed by atoms with van der Waals surface area (Å²) in [6.45, 7) is 1.55. The van der Waals surface area contributed by atoms with Crippen molar-refractivity contribution in [3.05, 3.63) is 58.6 Å². The van der Waals surface area contributed by atoms with Gasteiger partial charge in [0.05, 0.1) is 5.56 Å². The molecule has 0 radical (unpaired) electrons. The number of nitrogens with two attached hydrogens (primary N) is 1. The van der Waals surface area contributed by atoms with Crippen LogP contribution in [0.2, 0.25) is 5.02 Å². The summed E-state index contributed by atoms with van der Waals surface area (Å²) < 4.78 is 4.93. The molecule has 0 aliphatic heterocycles. The van der Waals surface area contributed by atoms with E-state index >= 15 is 0 Å². The molecule has 0 saturated heterocycles. The Morgan fingerprint density at radius 3 is 2.50 bits per heavy atom. The maximum Gasteiger partial charge on any atom is 0.340 e. The quantitative estimate of drug-likeness (QED) is 0.670. The number of anilines is 2. The molecule has 2 aromatic carbocycles. The molecule has 22 heavy (non-hydrogen) atoms. The molecule has 6 heteroatoms. The molecule has 0 aromatic heterocycles. The predicted octanol–water partition coefficient (Wildman–Crippen LogP) is 3.03. The molecule has 2 aromatic rings. The van der Waals surface area contributed by atoms with E-state index in [1.165, 1.54) is 18.2 Å². The first-order chi connectivity index (χ1) is 10.5. The summed E-state index contributed by atoms with van der Waals surface area (Å²) in [4.78, 5) is 23.6. The van der Waals surface area contributed by atoms with Crippen molar-refractivity contribution in [1.29, 1.82) is 0 Å². The third-order valence-electron chi connectivity index (χ3n) is 2.90. The molecule has 0 atom stereocenters. The topological polar surface area (TPSA) is 81.4 Å². The lowest BCUT2D eigenvalue weighted by molar-refractivity contribution is -0.119. The number of halogens is 1. The minimum Gasteiger partial charge on any atom is -0.452 e. The number of nitrogen functional groups attached to an aromatic ring is 1. The van der Waals surface area contributed by atoms with Crippen molar-refractivity contribution in [1.82, 2.24) is 0 Å². The van der Waals surface area contributed by atoms with Gasteiger partial charge in [0.2, 0.25) is 0 Å². The highest BCUT2D eigenvalue weighted by Gasteiger charge is 2.13. The van der Waals surface area contributed by atoms with Gasteiger partial charge in [-0.15, -0.1) is 0 Å². The van der Waals surface area contributed by atoms with Crippen LogP contribution in [0, 0.1) is 6.92 Å². The molecule has 0 heterocycles. The molecule has 0 aliphatic rings. The highest BCUT2D eigenvalue weighted by atomic mass is 35.5. The number of hydrogen-bond donors (Lipinski definition) is 2. The van der Waals surface area contributed by atoms with E-state index < -0.39 is 18.5 Å². The minimum absolute atomic E-state index is 0.174. The molecule has 2 rings (SSSR count). The average Bonchev–Trinajstić information content (AvgIpc) is 2.47. The molecule has 114 valence electrons. The zero-order chi connectivity index (χ0) is 16.1. The zero-order valence-corrected chi connectivity index (χ0v) is 12.7. The first-order valence-electron chi connectivity index (χ1n) is 6.54. The predicted molar refractivity (Wildman–Crippen MR) is 86.0 cm³/mol. The van der Waals surface area contributed by atoms with Crippen molar-refractivity contribution >= 4 is 34.9 Å². The number of carbonyl (C=O) groups excluding carboxylic acids is 2. The second-order valence-corrected chi connectivity index (χ2v) is 5.16. The van der Waals surface area contributed by atoms with Crippen LogP contribution in [0.4, 0.5) is 11.4 Å². The van der Waals surface area contributed by atoms with Crippen LogP contribution in [0.1, 0.15) is 15.9 Å². The SMILES string of the molecule is Cc1ccc(NC(=O)COC(=O)c2ccc(Cl)cc2N)cc1. The van der Waals surface area contributed by atoms with Gasteiger partial charge in [0.1, 0.15) is 0 Å². The lowest BCUT2D eigenvalue weighted by Crippen LogP contribution is -2.21. The number of benzene rings is 2. The third kappa shape index (κ3) is 4.23. The normalized spacial score (nSPS) is 10.1. The molecular weight excluding hydrogens is 304 g/mol. The summed E-state index contributed by atoms with van der Waals surface area (Å²) >= 11 is 5.75. The number of aryl methyl sites for hydroxylation is 1. The molecule has 0 unspecified atom stereocenters. The Kier molecular flexibility index (Phi) is 5.01. The first-order valence-corrected chi connectivity index (χ1v) is 6.92. The Bertz CT molecular complexity index is 699. The summed E-state index contributed by atoms with van der Waals surface area (Å²) in [5.41, 5.74) is 7.78. The number of carbonyl (C=O) groups is 2. The van der Waals surface area contributed by atoms with Gasteiger partial charge < -0.3 is 15.8 Å². The van der Waals surface area contributed by atoms with E-state index in [-0.39, 0.29) is 11.3 Å². The Balaban J connectivity index is 1.90.